The maximum atomic E-state index is 13.6. The summed E-state index contributed by atoms with van der Waals surface area (Å²) in [5.41, 5.74) is -0.0224. The summed E-state index contributed by atoms with van der Waals surface area (Å²) in [5, 5.41) is 2.60. The van der Waals surface area contributed by atoms with Crippen molar-refractivity contribution < 1.29 is 32.6 Å². The fraction of sp³-hybridized carbons (Fsp3) is 0.320. The van der Waals surface area contributed by atoms with Crippen molar-refractivity contribution in [1.29, 1.82) is 0 Å². The second kappa shape index (κ2) is 12.3. The number of H-pyrrole nitrogens is 1. The summed E-state index contributed by atoms with van der Waals surface area (Å²) in [6.07, 6.45) is -0.471. The average molecular weight is 545 g/mol. The number of carbonyl (C=O) groups excluding carboxylic acids is 1. The molecular formula is C25H28N3O9P. The largest absolute Gasteiger partial charge is 0.460 e. The van der Waals surface area contributed by atoms with Crippen LogP contribution in [0.5, 0.6) is 5.75 Å². The number of para-hydroxylation sites is 1. The van der Waals surface area contributed by atoms with Crippen molar-refractivity contribution in [3.63, 3.8) is 0 Å². The Morgan fingerprint density at radius 2 is 1.84 bits per heavy atom. The van der Waals surface area contributed by atoms with Gasteiger partial charge in [-0.15, -0.1) is 0 Å². The molecule has 2 heterocycles. The minimum Gasteiger partial charge on any atom is -0.460 e. The summed E-state index contributed by atoms with van der Waals surface area (Å²) in [6, 6.07) is 16.4. The molecule has 13 heteroatoms. The molecule has 1 aliphatic heterocycles. The van der Waals surface area contributed by atoms with Crippen molar-refractivity contribution in [3.8, 4) is 5.75 Å². The number of esters is 1. The Balaban J connectivity index is 1.40. The Hall–Kier alpha value is -3.54. The van der Waals surface area contributed by atoms with E-state index in [1.807, 2.05) is 30.3 Å². The lowest BCUT2D eigenvalue weighted by molar-refractivity contribution is -0.146. The normalized spacial score (nSPS) is 19.4. The first-order valence-electron chi connectivity index (χ1n) is 11.8. The Labute approximate surface area is 218 Å². The molecule has 2 N–H and O–H groups in total. The highest BCUT2D eigenvalue weighted by Crippen LogP contribution is 2.45. The van der Waals surface area contributed by atoms with E-state index in [4.69, 9.17) is 23.3 Å². The summed E-state index contributed by atoms with van der Waals surface area (Å²) in [7, 11) is -4.14. The molecule has 0 radical (unpaired) electrons. The van der Waals surface area contributed by atoms with Gasteiger partial charge < -0.3 is 18.7 Å². The molecule has 0 bridgehead atoms. The number of aromatic amines is 1. The molecule has 1 fully saturated rings. The molecule has 1 aromatic heterocycles. The van der Waals surface area contributed by atoms with Gasteiger partial charge in [-0.05, 0) is 31.5 Å². The number of rotatable bonds is 11. The minimum atomic E-state index is -4.14. The zero-order valence-corrected chi connectivity index (χ0v) is 21.7. The third-order valence-corrected chi connectivity index (χ3v) is 7.11. The first-order chi connectivity index (χ1) is 18.2. The molecule has 38 heavy (non-hydrogen) atoms. The number of ether oxygens (including phenoxy) is 3. The van der Waals surface area contributed by atoms with Gasteiger partial charge >= 0.3 is 19.4 Å². The van der Waals surface area contributed by atoms with Gasteiger partial charge in [-0.2, -0.15) is 5.09 Å². The van der Waals surface area contributed by atoms with Gasteiger partial charge in [-0.25, -0.2) is 9.36 Å². The monoisotopic (exact) mass is 545 g/mol. The average Bonchev–Trinajstić information content (AvgIpc) is 3.38. The first-order valence-corrected chi connectivity index (χ1v) is 13.3. The lowest BCUT2D eigenvalue weighted by Gasteiger charge is -2.24. The number of carbonyl (C=O) groups is 1. The molecule has 4 atom stereocenters. The van der Waals surface area contributed by atoms with E-state index in [2.05, 4.69) is 10.1 Å². The number of hydrogen-bond acceptors (Lipinski definition) is 9. The summed E-state index contributed by atoms with van der Waals surface area (Å²) < 4.78 is 42.6. The molecule has 0 amide bonds. The van der Waals surface area contributed by atoms with Gasteiger partial charge in [0, 0.05) is 11.8 Å². The van der Waals surface area contributed by atoms with Crippen molar-refractivity contribution >= 4 is 13.7 Å². The fourth-order valence-corrected chi connectivity index (χ4v) is 4.97. The molecule has 12 nitrogen and oxygen atoms in total. The van der Waals surface area contributed by atoms with Crippen LogP contribution in [0.4, 0.5) is 0 Å². The van der Waals surface area contributed by atoms with Crippen LogP contribution in [0.2, 0.25) is 0 Å². The van der Waals surface area contributed by atoms with Crippen LogP contribution in [0.25, 0.3) is 0 Å². The highest BCUT2D eigenvalue weighted by molar-refractivity contribution is 7.52. The van der Waals surface area contributed by atoms with Gasteiger partial charge in [0.2, 0.25) is 0 Å². The molecule has 1 saturated heterocycles. The first kappa shape index (κ1) is 27.5. The molecule has 1 aliphatic rings. The van der Waals surface area contributed by atoms with Crippen LogP contribution in [-0.2, 0) is 34.7 Å². The molecule has 0 saturated carbocycles. The van der Waals surface area contributed by atoms with E-state index in [0.29, 0.717) is 5.56 Å². The van der Waals surface area contributed by atoms with Crippen molar-refractivity contribution in [2.24, 2.45) is 0 Å². The summed E-state index contributed by atoms with van der Waals surface area (Å²) in [6.45, 7) is 2.71. The number of nitrogens with zero attached hydrogens (tertiary/aromatic N) is 1. The number of aryl methyl sites for hydroxylation is 1. The van der Waals surface area contributed by atoms with Crippen LogP contribution in [0, 0.1) is 6.92 Å². The van der Waals surface area contributed by atoms with Gasteiger partial charge in [-0.1, -0.05) is 48.5 Å². The van der Waals surface area contributed by atoms with E-state index >= 15 is 0 Å². The van der Waals surface area contributed by atoms with Crippen LogP contribution < -0.4 is 20.9 Å². The molecular weight excluding hydrogens is 517 g/mol. The van der Waals surface area contributed by atoms with Crippen LogP contribution in [0.15, 0.2) is 76.4 Å². The second-order valence-corrected chi connectivity index (χ2v) is 10.2. The molecule has 0 aliphatic carbocycles. The Morgan fingerprint density at radius 3 is 2.55 bits per heavy atom. The molecule has 1 unspecified atom stereocenters. The van der Waals surface area contributed by atoms with Gasteiger partial charge in [0.1, 0.15) is 25.0 Å². The predicted octanol–water partition coefficient (Wildman–Crippen LogP) is 2.64. The summed E-state index contributed by atoms with van der Waals surface area (Å²) in [4.78, 5) is 38.6. The van der Waals surface area contributed by atoms with E-state index < -0.39 is 43.5 Å². The van der Waals surface area contributed by atoms with Crippen molar-refractivity contribution in [2.45, 2.75) is 39.0 Å². The number of hydrogen-bond donors (Lipinski definition) is 2. The molecule has 2 aromatic carbocycles. The summed E-state index contributed by atoms with van der Waals surface area (Å²) >= 11 is 0. The van der Waals surface area contributed by atoms with E-state index in [1.54, 1.807) is 37.3 Å². The van der Waals surface area contributed by atoms with Crippen LogP contribution in [0.3, 0.4) is 0 Å². The van der Waals surface area contributed by atoms with Crippen LogP contribution in [-0.4, -0.2) is 41.1 Å². The van der Waals surface area contributed by atoms with E-state index in [0.717, 1.165) is 5.56 Å². The quantitative estimate of drug-likeness (QED) is 0.272. The number of nitrogens with one attached hydrogen (secondary N) is 2. The molecule has 0 spiro atoms. The van der Waals surface area contributed by atoms with Crippen LogP contribution >= 0.6 is 7.75 Å². The SMILES string of the molecule is Cc1cn([C@H]2CO[C@@H](COP(=O)(N[C@H](C)C(=O)OCc3ccccc3)Oc3ccccc3)O2)c(=O)[nH]c1=O. The fourth-order valence-electron chi connectivity index (χ4n) is 3.49. The smallest absolute Gasteiger partial charge is 0.459 e. The highest BCUT2D eigenvalue weighted by atomic mass is 31.2. The lowest BCUT2D eigenvalue weighted by atomic mass is 10.2. The molecule has 3 aromatic rings. The van der Waals surface area contributed by atoms with Gasteiger partial charge in [0.25, 0.3) is 5.56 Å². The third kappa shape index (κ3) is 7.27. The Kier molecular flexibility index (Phi) is 8.93. The maximum absolute atomic E-state index is 13.6. The Morgan fingerprint density at radius 1 is 1.16 bits per heavy atom. The van der Waals surface area contributed by atoms with E-state index in [9.17, 15) is 18.9 Å². The summed E-state index contributed by atoms with van der Waals surface area (Å²) in [5.74, 6) is -0.412. The minimum absolute atomic E-state index is 0.0150. The van der Waals surface area contributed by atoms with Crippen molar-refractivity contribution in [3.05, 3.63) is 98.8 Å². The van der Waals surface area contributed by atoms with Crippen molar-refractivity contribution in [1.82, 2.24) is 14.6 Å². The van der Waals surface area contributed by atoms with E-state index in [1.165, 1.54) is 17.7 Å². The lowest BCUT2D eigenvalue weighted by Crippen LogP contribution is -2.36. The van der Waals surface area contributed by atoms with E-state index in [-0.39, 0.29) is 25.6 Å². The zero-order valence-electron chi connectivity index (χ0n) is 20.8. The van der Waals surface area contributed by atoms with Crippen molar-refractivity contribution in [2.75, 3.05) is 13.2 Å². The second-order valence-electron chi connectivity index (χ2n) is 8.47. The van der Waals surface area contributed by atoms with Gasteiger partial charge in [0.15, 0.2) is 12.5 Å². The van der Waals surface area contributed by atoms with Gasteiger partial charge in [-0.3, -0.25) is 23.7 Å². The zero-order chi connectivity index (χ0) is 27.1. The topological polar surface area (TPSA) is 147 Å². The van der Waals surface area contributed by atoms with Gasteiger partial charge in [0.05, 0.1) is 6.61 Å². The third-order valence-electron chi connectivity index (χ3n) is 5.47. The Bertz CT molecular complexity index is 1390. The maximum Gasteiger partial charge on any atom is 0.459 e. The number of aromatic nitrogens is 2. The number of benzene rings is 2. The molecule has 202 valence electrons. The van der Waals surface area contributed by atoms with Crippen LogP contribution in [0.1, 0.15) is 24.3 Å². The highest BCUT2D eigenvalue weighted by Gasteiger charge is 2.36. The predicted molar refractivity (Wildman–Crippen MR) is 135 cm³/mol. The molecule has 4 rings (SSSR count). The standard InChI is InChI=1S/C25H28N3O9P/c1-17-13-28(25(31)26-23(17)29)21-15-33-22(36-21)16-35-38(32,37-20-11-7-4-8-12-20)27-18(2)24(30)34-14-19-9-5-3-6-10-19/h3-13,18,21-22H,14-16H2,1-2H3,(H,27,32)(H,26,29,31)/t18-,21-,22-,38?/m1/s1.